The van der Waals surface area contributed by atoms with Crippen molar-refractivity contribution in [3.8, 4) is 5.75 Å². The second-order valence-electron chi connectivity index (χ2n) is 7.82. The number of aryl methyl sites for hydroxylation is 1. The molecule has 3 atom stereocenters. The van der Waals surface area contributed by atoms with Gasteiger partial charge in [0.15, 0.2) is 0 Å². The van der Waals surface area contributed by atoms with Gasteiger partial charge in [0.1, 0.15) is 11.9 Å². The molecule has 0 saturated carbocycles. The van der Waals surface area contributed by atoms with E-state index >= 15 is 0 Å². The highest BCUT2D eigenvalue weighted by atomic mass is 16.5. The molecule has 3 rings (SSSR count). The Hall–Kier alpha value is -2.06. The summed E-state index contributed by atoms with van der Waals surface area (Å²) in [7, 11) is 2.03. The van der Waals surface area contributed by atoms with Gasteiger partial charge < -0.3 is 10.1 Å². The maximum absolute atomic E-state index is 6.26. The van der Waals surface area contributed by atoms with Gasteiger partial charge in [0.2, 0.25) is 0 Å². The lowest BCUT2D eigenvalue weighted by molar-refractivity contribution is 0.159. The van der Waals surface area contributed by atoms with Gasteiger partial charge in [0.25, 0.3) is 0 Å². The van der Waals surface area contributed by atoms with E-state index in [-0.39, 0.29) is 6.10 Å². The lowest BCUT2D eigenvalue weighted by atomic mass is 10.1. The first-order chi connectivity index (χ1) is 13.5. The summed E-state index contributed by atoms with van der Waals surface area (Å²) < 4.78 is 6.26. The summed E-state index contributed by atoms with van der Waals surface area (Å²) in [4.78, 5) is 0. The van der Waals surface area contributed by atoms with Gasteiger partial charge in [-0.1, -0.05) is 70.2 Å². The number of hydrogen-bond acceptors (Lipinski definition) is 2. The molecular formula is C26H37NO. The highest BCUT2D eigenvalue weighted by Crippen LogP contribution is 2.39. The van der Waals surface area contributed by atoms with Crippen molar-refractivity contribution in [2.75, 3.05) is 7.05 Å². The van der Waals surface area contributed by atoms with Crippen molar-refractivity contribution < 1.29 is 4.74 Å². The van der Waals surface area contributed by atoms with Crippen LogP contribution in [0.25, 0.3) is 6.08 Å². The van der Waals surface area contributed by atoms with Gasteiger partial charge >= 0.3 is 0 Å². The van der Waals surface area contributed by atoms with Gasteiger partial charge in [-0.05, 0) is 67.6 Å². The number of rotatable bonds is 7. The van der Waals surface area contributed by atoms with E-state index in [1.54, 1.807) is 0 Å². The summed E-state index contributed by atoms with van der Waals surface area (Å²) in [5, 5.41) is 3.25. The molecule has 2 heteroatoms. The second kappa shape index (κ2) is 11.1. The van der Waals surface area contributed by atoms with E-state index in [2.05, 4.69) is 76.0 Å². The normalized spacial score (nSPS) is 18.6. The molecule has 2 unspecified atom stereocenters. The van der Waals surface area contributed by atoms with Gasteiger partial charge in [-0.15, -0.1) is 0 Å². The van der Waals surface area contributed by atoms with Gasteiger partial charge in [-0.2, -0.15) is 0 Å². The summed E-state index contributed by atoms with van der Waals surface area (Å²) >= 11 is 0. The van der Waals surface area contributed by atoms with E-state index < -0.39 is 0 Å². The average Bonchev–Trinajstić information content (AvgIpc) is 3.02. The Morgan fingerprint density at radius 3 is 2.54 bits per heavy atom. The number of nitrogens with one attached hydrogen (secondary N) is 1. The first kappa shape index (κ1) is 22.2. The minimum Gasteiger partial charge on any atom is -0.485 e. The van der Waals surface area contributed by atoms with Crippen molar-refractivity contribution in [1.29, 1.82) is 0 Å². The number of fused-ring (bicyclic) bond motifs is 1. The van der Waals surface area contributed by atoms with Crippen molar-refractivity contribution >= 4 is 6.08 Å². The zero-order chi connectivity index (χ0) is 20.5. The molecule has 0 fully saturated rings. The zero-order valence-electron chi connectivity index (χ0n) is 18.3. The quantitative estimate of drug-likeness (QED) is 0.575. The average molecular weight is 380 g/mol. The first-order valence-electron chi connectivity index (χ1n) is 10.7. The third kappa shape index (κ3) is 5.72. The third-order valence-electron chi connectivity index (χ3n) is 5.68. The molecule has 0 amide bonds. The molecule has 0 bridgehead atoms. The van der Waals surface area contributed by atoms with E-state index in [0.717, 1.165) is 23.8 Å². The zero-order valence-corrected chi connectivity index (χ0v) is 18.3. The van der Waals surface area contributed by atoms with Gasteiger partial charge in [0.05, 0.1) is 0 Å². The van der Waals surface area contributed by atoms with E-state index in [9.17, 15) is 0 Å². The minimum atomic E-state index is 0.167. The molecule has 152 valence electrons. The SMILES string of the molecule is C=Cc1ccc(OC2c3ccccc3C[C@H]2C)cc1C.CCCC(CC)NC. The first-order valence-corrected chi connectivity index (χ1v) is 10.7. The van der Waals surface area contributed by atoms with E-state index in [1.165, 1.54) is 36.0 Å². The summed E-state index contributed by atoms with van der Waals surface area (Å²) in [6, 6.07) is 15.6. The topological polar surface area (TPSA) is 21.3 Å². The number of ether oxygens (including phenoxy) is 1. The van der Waals surface area contributed by atoms with Crippen molar-refractivity contribution in [3.63, 3.8) is 0 Å². The molecule has 0 heterocycles. The Balaban J connectivity index is 0.000000300. The summed E-state index contributed by atoms with van der Waals surface area (Å²) in [5.41, 5.74) is 5.13. The standard InChI is InChI=1S/C19H20O.C7H17N/c1-4-15-9-10-17(12-13(15)2)20-19-14(3)11-16-7-5-6-8-18(16)19;1-4-6-7(5-2)8-3/h4-10,12,14,19H,1,11H2,2-3H3;7-8H,4-6H2,1-3H3/t14-,19?;/m1./s1. The summed E-state index contributed by atoms with van der Waals surface area (Å²) in [6.45, 7) is 12.6. The van der Waals surface area contributed by atoms with Crippen molar-refractivity contribution in [1.82, 2.24) is 5.32 Å². The highest BCUT2D eigenvalue weighted by Gasteiger charge is 2.30. The molecule has 1 N–H and O–H groups in total. The Kier molecular flexibility index (Phi) is 8.79. The molecule has 0 spiro atoms. The number of hydrogen-bond donors (Lipinski definition) is 1. The van der Waals surface area contributed by atoms with E-state index in [1.807, 2.05) is 19.2 Å². The molecular weight excluding hydrogens is 342 g/mol. The Bertz CT molecular complexity index is 748. The van der Waals surface area contributed by atoms with Gasteiger partial charge in [-0.25, -0.2) is 0 Å². The van der Waals surface area contributed by atoms with Gasteiger partial charge in [-0.3, -0.25) is 0 Å². The van der Waals surface area contributed by atoms with Crippen LogP contribution in [0.3, 0.4) is 0 Å². The van der Waals surface area contributed by atoms with E-state index in [4.69, 9.17) is 4.74 Å². The predicted octanol–water partition coefficient (Wildman–Crippen LogP) is 6.73. The van der Waals surface area contributed by atoms with E-state index in [0.29, 0.717) is 5.92 Å². The third-order valence-corrected chi connectivity index (χ3v) is 5.68. The van der Waals surface area contributed by atoms with Crippen LogP contribution < -0.4 is 10.1 Å². The van der Waals surface area contributed by atoms with Crippen LogP contribution in [0, 0.1) is 12.8 Å². The van der Waals surface area contributed by atoms with Crippen LogP contribution in [0.4, 0.5) is 0 Å². The van der Waals surface area contributed by atoms with Crippen LogP contribution in [-0.4, -0.2) is 13.1 Å². The van der Waals surface area contributed by atoms with Crippen LogP contribution >= 0.6 is 0 Å². The van der Waals surface area contributed by atoms with Crippen LogP contribution in [0.2, 0.25) is 0 Å². The highest BCUT2D eigenvalue weighted by molar-refractivity contribution is 5.53. The molecule has 2 nitrogen and oxygen atoms in total. The molecule has 2 aromatic carbocycles. The molecule has 28 heavy (non-hydrogen) atoms. The lowest BCUT2D eigenvalue weighted by Gasteiger charge is -2.20. The minimum absolute atomic E-state index is 0.167. The molecule has 0 radical (unpaired) electrons. The number of benzene rings is 2. The van der Waals surface area contributed by atoms with Crippen molar-refractivity contribution in [3.05, 3.63) is 71.3 Å². The van der Waals surface area contributed by atoms with Gasteiger partial charge in [0, 0.05) is 12.0 Å². The van der Waals surface area contributed by atoms with Crippen molar-refractivity contribution in [2.45, 2.75) is 65.5 Å². The molecule has 1 aliphatic rings. The fraction of sp³-hybridized carbons (Fsp3) is 0.462. The molecule has 0 aromatic heterocycles. The Morgan fingerprint density at radius 2 is 1.96 bits per heavy atom. The smallest absolute Gasteiger partial charge is 0.127 e. The van der Waals surface area contributed by atoms with Crippen LogP contribution in [0.5, 0.6) is 5.75 Å². The fourth-order valence-corrected chi connectivity index (χ4v) is 3.94. The van der Waals surface area contributed by atoms with Crippen LogP contribution in [0.15, 0.2) is 49.0 Å². The van der Waals surface area contributed by atoms with Crippen molar-refractivity contribution in [2.24, 2.45) is 5.92 Å². The van der Waals surface area contributed by atoms with Crippen LogP contribution in [-0.2, 0) is 6.42 Å². The predicted molar refractivity (Wildman–Crippen MR) is 122 cm³/mol. The largest absolute Gasteiger partial charge is 0.485 e. The monoisotopic (exact) mass is 379 g/mol. The Morgan fingerprint density at radius 1 is 1.21 bits per heavy atom. The maximum Gasteiger partial charge on any atom is 0.127 e. The second-order valence-corrected chi connectivity index (χ2v) is 7.82. The molecule has 2 aromatic rings. The van der Waals surface area contributed by atoms with Crippen LogP contribution in [0.1, 0.15) is 68.4 Å². The molecule has 0 aliphatic heterocycles. The summed E-state index contributed by atoms with van der Waals surface area (Å²) in [5.74, 6) is 1.47. The summed E-state index contributed by atoms with van der Waals surface area (Å²) in [6.07, 6.45) is 7.01. The Labute approximate surface area is 172 Å². The fourth-order valence-electron chi connectivity index (χ4n) is 3.94. The molecule has 1 aliphatic carbocycles. The maximum atomic E-state index is 6.26. The lowest BCUT2D eigenvalue weighted by Crippen LogP contribution is -2.23. The molecule has 0 saturated heterocycles.